The predicted octanol–water partition coefficient (Wildman–Crippen LogP) is 3.95. The fourth-order valence-corrected chi connectivity index (χ4v) is 2.90. The number of nitrogens with one attached hydrogen (secondary N) is 1. The molecule has 0 heterocycles. The lowest BCUT2D eigenvalue weighted by Crippen LogP contribution is -2.37. The minimum Gasteiger partial charge on any atom is -0.316 e. The van der Waals surface area contributed by atoms with E-state index in [0.29, 0.717) is 0 Å². The summed E-state index contributed by atoms with van der Waals surface area (Å²) < 4.78 is 13.1. The highest BCUT2D eigenvalue weighted by atomic mass is 19.1. The van der Waals surface area contributed by atoms with E-state index in [1.807, 2.05) is 13.0 Å². The summed E-state index contributed by atoms with van der Waals surface area (Å²) in [6, 6.07) is 5.20. The van der Waals surface area contributed by atoms with Gasteiger partial charge in [0, 0.05) is 0 Å². The number of aryl methyl sites for hydroxylation is 1. The smallest absolute Gasteiger partial charge is 0.123 e. The molecule has 0 spiro atoms. The SMILES string of the molecule is Cc1cc(F)ccc1CC1CCC1CNCC(C)C. The second-order valence-electron chi connectivity index (χ2n) is 6.42. The minimum atomic E-state index is -0.120. The van der Waals surface area contributed by atoms with Crippen LogP contribution in [0.15, 0.2) is 18.2 Å². The Hall–Kier alpha value is -0.890. The molecular formula is C17H26FN. The monoisotopic (exact) mass is 263 g/mol. The summed E-state index contributed by atoms with van der Waals surface area (Å²) in [4.78, 5) is 0. The van der Waals surface area contributed by atoms with E-state index in [2.05, 4.69) is 19.2 Å². The van der Waals surface area contributed by atoms with Crippen LogP contribution in [0.2, 0.25) is 0 Å². The lowest BCUT2D eigenvalue weighted by Gasteiger charge is -2.37. The van der Waals surface area contributed by atoms with Gasteiger partial charge in [-0.25, -0.2) is 4.39 Å². The van der Waals surface area contributed by atoms with Crippen LogP contribution in [0.1, 0.15) is 37.8 Å². The van der Waals surface area contributed by atoms with Crippen LogP contribution in [-0.4, -0.2) is 13.1 Å². The zero-order chi connectivity index (χ0) is 13.8. The summed E-state index contributed by atoms with van der Waals surface area (Å²) in [5, 5.41) is 3.57. The lowest BCUT2D eigenvalue weighted by atomic mass is 9.70. The number of hydrogen-bond acceptors (Lipinski definition) is 1. The molecule has 0 aliphatic heterocycles. The first-order chi connectivity index (χ1) is 9.06. The average Bonchev–Trinajstić information content (AvgIpc) is 2.32. The van der Waals surface area contributed by atoms with Gasteiger partial charge in [0.25, 0.3) is 0 Å². The number of hydrogen-bond donors (Lipinski definition) is 1. The second-order valence-corrected chi connectivity index (χ2v) is 6.42. The largest absolute Gasteiger partial charge is 0.316 e. The molecule has 2 unspecified atom stereocenters. The maximum Gasteiger partial charge on any atom is 0.123 e. The van der Waals surface area contributed by atoms with Crippen molar-refractivity contribution in [3.8, 4) is 0 Å². The first kappa shape index (κ1) is 14.5. The fourth-order valence-electron chi connectivity index (χ4n) is 2.90. The van der Waals surface area contributed by atoms with E-state index in [4.69, 9.17) is 0 Å². The minimum absolute atomic E-state index is 0.120. The van der Waals surface area contributed by atoms with Crippen molar-refractivity contribution >= 4 is 0 Å². The maximum absolute atomic E-state index is 13.1. The van der Waals surface area contributed by atoms with E-state index in [1.54, 1.807) is 12.1 Å². The first-order valence-electron chi connectivity index (χ1n) is 7.52. The molecule has 1 fully saturated rings. The Morgan fingerprint density at radius 3 is 2.58 bits per heavy atom. The second kappa shape index (κ2) is 6.51. The normalized spacial score (nSPS) is 22.6. The molecule has 0 bridgehead atoms. The van der Waals surface area contributed by atoms with Crippen molar-refractivity contribution in [2.24, 2.45) is 17.8 Å². The Balaban J connectivity index is 1.82. The van der Waals surface area contributed by atoms with Crippen molar-refractivity contribution in [1.29, 1.82) is 0 Å². The highest BCUT2D eigenvalue weighted by Gasteiger charge is 2.30. The summed E-state index contributed by atoms with van der Waals surface area (Å²) in [7, 11) is 0. The molecule has 0 radical (unpaired) electrons. The molecule has 1 saturated carbocycles. The number of rotatable bonds is 6. The molecule has 2 rings (SSSR count). The molecule has 1 N–H and O–H groups in total. The molecule has 0 amide bonds. The zero-order valence-electron chi connectivity index (χ0n) is 12.4. The van der Waals surface area contributed by atoms with E-state index in [9.17, 15) is 4.39 Å². The Morgan fingerprint density at radius 1 is 1.26 bits per heavy atom. The number of halogens is 1. The van der Waals surface area contributed by atoms with Crippen LogP contribution in [0.5, 0.6) is 0 Å². The Morgan fingerprint density at radius 2 is 2.00 bits per heavy atom. The molecule has 0 aromatic heterocycles. The van der Waals surface area contributed by atoms with E-state index in [1.165, 1.54) is 18.4 Å². The van der Waals surface area contributed by atoms with Crippen molar-refractivity contribution in [3.05, 3.63) is 35.1 Å². The Kier molecular flexibility index (Phi) is 4.98. The van der Waals surface area contributed by atoms with Crippen LogP contribution >= 0.6 is 0 Å². The third-order valence-corrected chi connectivity index (χ3v) is 4.32. The average molecular weight is 263 g/mol. The molecular weight excluding hydrogens is 237 g/mol. The fraction of sp³-hybridized carbons (Fsp3) is 0.647. The van der Waals surface area contributed by atoms with Gasteiger partial charge < -0.3 is 5.32 Å². The van der Waals surface area contributed by atoms with Gasteiger partial charge >= 0.3 is 0 Å². The maximum atomic E-state index is 13.1. The van der Waals surface area contributed by atoms with Gasteiger partial charge in [-0.05, 0) is 80.3 Å². The van der Waals surface area contributed by atoms with Crippen LogP contribution in [0.3, 0.4) is 0 Å². The third kappa shape index (κ3) is 4.04. The lowest BCUT2D eigenvalue weighted by molar-refractivity contribution is 0.169. The van der Waals surface area contributed by atoms with Crippen LogP contribution in [0.4, 0.5) is 4.39 Å². The van der Waals surface area contributed by atoms with Gasteiger partial charge in [0.15, 0.2) is 0 Å². The van der Waals surface area contributed by atoms with E-state index in [-0.39, 0.29) is 5.82 Å². The summed E-state index contributed by atoms with van der Waals surface area (Å²) in [5.41, 5.74) is 2.42. The highest BCUT2D eigenvalue weighted by Crippen LogP contribution is 2.36. The van der Waals surface area contributed by atoms with Crippen molar-refractivity contribution < 1.29 is 4.39 Å². The van der Waals surface area contributed by atoms with Gasteiger partial charge in [-0.3, -0.25) is 0 Å². The Labute approximate surface area is 116 Å². The molecule has 2 atom stereocenters. The molecule has 1 aliphatic carbocycles. The molecule has 0 saturated heterocycles. The van der Waals surface area contributed by atoms with Gasteiger partial charge in [-0.2, -0.15) is 0 Å². The van der Waals surface area contributed by atoms with Crippen molar-refractivity contribution in [2.45, 2.75) is 40.0 Å². The van der Waals surface area contributed by atoms with Gasteiger partial charge in [-0.15, -0.1) is 0 Å². The van der Waals surface area contributed by atoms with E-state index >= 15 is 0 Å². The van der Waals surface area contributed by atoms with Crippen molar-refractivity contribution in [3.63, 3.8) is 0 Å². The first-order valence-corrected chi connectivity index (χ1v) is 7.52. The van der Waals surface area contributed by atoms with E-state index in [0.717, 1.165) is 42.8 Å². The molecule has 2 heteroatoms. The van der Waals surface area contributed by atoms with Crippen LogP contribution in [-0.2, 0) is 6.42 Å². The summed E-state index contributed by atoms with van der Waals surface area (Å²) in [6.07, 6.45) is 3.78. The molecule has 1 aliphatic rings. The molecule has 19 heavy (non-hydrogen) atoms. The summed E-state index contributed by atoms with van der Waals surface area (Å²) in [5.74, 6) is 2.19. The Bertz CT molecular complexity index is 414. The van der Waals surface area contributed by atoms with Crippen molar-refractivity contribution in [2.75, 3.05) is 13.1 Å². The third-order valence-electron chi connectivity index (χ3n) is 4.32. The molecule has 1 aromatic rings. The standard InChI is InChI=1S/C17H26FN/c1-12(2)10-19-11-16-5-4-15(16)9-14-6-7-17(18)8-13(14)3/h6-8,12,15-16,19H,4-5,9-11H2,1-3H3. The molecule has 1 aromatic carbocycles. The quantitative estimate of drug-likeness (QED) is 0.819. The topological polar surface area (TPSA) is 12.0 Å². The molecule has 1 nitrogen and oxygen atoms in total. The van der Waals surface area contributed by atoms with Crippen LogP contribution in [0, 0.1) is 30.5 Å². The van der Waals surface area contributed by atoms with Crippen molar-refractivity contribution in [1.82, 2.24) is 5.32 Å². The number of benzene rings is 1. The van der Waals surface area contributed by atoms with Crippen LogP contribution in [0.25, 0.3) is 0 Å². The highest BCUT2D eigenvalue weighted by molar-refractivity contribution is 5.27. The van der Waals surface area contributed by atoms with Gasteiger partial charge in [0.2, 0.25) is 0 Å². The van der Waals surface area contributed by atoms with E-state index < -0.39 is 0 Å². The molecule has 106 valence electrons. The van der Waals surface area contributed by atoms with Gasteiger partial charge in [-0.1, -0.05) is 19.9 Å². The summed E-state index contributed by atoms with van der Waals surface area (Å²) in [6.45, 7) is 8.76. The zero-order valence-corrected chi connectivity index (χ0v) is 12.4. The van der Waals surface area contributed by atoms with Gasteiger partial charge in [0.1, 0.15) is 5.82 Å². The van der Waals surface area contributed by atoms with Gasteiger partial charge in [0.05, 0.1) is 0 Å². The van der Waals surface area contributed by atoms with Crippen LogP contribution < -0.4 is 5.32 Å². The predicted molar refractivity (Wildman–Crippen MR) is 78.8 cm³/mol. The summed E-state index contributed by atoms with van der Waals surface area (Å²) >= 11 is 0.